The van der Waals surface area contributed by atoms with E-state index in [9.17, 15) is 14.7 Å². The molecule has 0 radical (unpaired) electrons. The summed E-state index contributed by atoms with van der Waals surface area (Å²) in [6, 6.07) is 4.61. The van der Waals surface area contributed by atoms with Crippen LogP contribution in [0.5, 0.6) is 0 Å². The fourth-order valence-corrected chi connectivity index (χ4v) is 1.94. The van der Waals surface area contributed by atoms with Crippen molar-refractivity contribution in [1.82, 2.24) is 5.32 Å². The SMILES string of the molecule is Cc1ccc(C[C@@H](NC(=O)OC(C)(C)C)C(=O)[O-])c(C)c1. The number of carbonyl (C=O) groups is 2. The van der Waals surface area contributed by atoms with Crippen LogP contribution in [-0.4, -0.2) is 23.7 Å². The minimum absolute atomic E-state index is 0.160. The van der Waals surface area contributed by atoms with Gasteiger partial charge in [-0.05, 0) is 52.2 Å². The van der Waals surface area contributed by atoms with Crippen LogP contribution in [0, 0.1) is 13.8 Å². The summed E-state index contributed by atoms with van der Waals surface area (Å²) in [5.74, 6) is -1.33. The van der Waals surface area contributed by atoms with Crippen LogP contribution in [0.4, 0.5) is 4.79 Å². The van der Waals surface area contributed by atoms with E-state index in [4.69, 9.17) is 4.74 Å². The van der Waals surface area contributed by atoms with E-state index >= 15 is 0 Å². The van der Waals surface area contributed by atoms with E-state index in [1.807, 2.05) is 32.0 Å². The third-order valence-corrected chi connectivity index (χ3v) is 2.90. The lowest BCUT2D eigenvalue weighted by atomic mass is 9.99. The first kappa shape index (κ1) is 17.0. The monoisotopic (exact) mass is 292 g/mol. The number of rotatable bonds is 4. The normalized spacial score (nSPS) is 12.6. The van der Waals surface area contributed by atoms with Crippen molar-refractivity contribution < 1.29 is 19.4 Å². The van der Waals surface area contributed by atoms with Crippen molar-refractivity contribution >= 4 is 12.1 Å². The minimum Gasteiger partial charge on any atom is -0.548 e. The number of carbonyl (C=O) groups excluding carboxylic acids is 2. The van der Waals surface area contributed by atoms with Gasteiger partial charge in [0.2, 0.25) is 0 Å². The van der Waals surface area contributed by atoms with Gasteiger partial charge < -0.3 is 20.0 Å². The summed E-state index contributed by atoms with van der Waals surface area (Å²) >= 11 is 0. The van der Waals surface area contributed by atoms with E-state index in [1.54, 1.807) is 20.8 Å². The first-order valence-corrected chi connectivity index (χ1v) is 6.85. The predicted octanol–water partition coefficient (Wildman–Crippen LogP) is 1.49. The summed E-state index contributed by atoms with van der Waals surface area (Å²) in [4.78, 5) is 22.9. The molecule has 0 saturated carbocycles. The Bertz CT molecular complexity index is 532. The molecule has 0 aromatic heterocycles. The fourth-order valence-electron chi connectivity index (χ4n) is 1.94. The highest BCUT2D eigenvalue weighted by molar-refractivity contribution is 5.79. The Morgan fingerprint density at radius 3 is 2.38 bits per heavy atom. The molecule has 0 aliphatic heterocycles. The summed E-state index contributed by atoms with van der Waals surface area (Å²) < 4.78 is 5.06. The number of carboxylic acid groups (broad SMARTS) is 1. The lowest BCUT2D eigenvalue weighted by Crippen LogP contribution is -2.50. The molecule has 0 aliphatic carbocycles. The summed E-state index contributed by atoms with van der Waals surface area (Å²) in [5, 5.41) is 13.5. The predicted molar refractivity (Wildman–Crippen MR) is 77.8 cm³/mol. The highest BCUT2D eigenvalue weighted by Gasteiger charge is 2.20. The van der Waals surface area contributed by atoms with Crippen molar-refractivity contribution in [2.45, 2.75) is 52.7 Å². The maximum absolute atomic E-state index is 11.7. The molecule has 1 aromatic rings. The van der Waals surface area contributed by atoms with Crippen molar-refractivity contribution in [1.29, 1.82) is 0 Å². The molecule has 0 heterocycles. The van der Waals surface area contributed by atoms with Crippen LogP contribution in [0.3, 0.4) is 0 Å². The zero-order valence-corrected chi connectivity index (χ0v) is 13.1. The second-order valence-corrected chi connectivity index (χ2v) is 6.15. The molecule has 1 aromatic carbocycles. The molecule has 116 valence electrons. The highest BCUT2D eigenvalue weighted by Crippen LogP contribution is 2.13. The van der Waals surface area contributed by atoms with Crippen molar-refractivity contribution in [3.05, 3.63) is 34.9 Å². The van der Waals surface area contributed by atoms with Gasteiger partial charge in [-0.1, -0.05) is 23.8 Å². The second-order valence-electron chi connectivity index (χ2n) is 6.15. The van der Waals surface area contributed by atoms with Crippen LogP contribution in [0.1, 0.15) is 37.5 Å². The maximum Gasteiger partial charge on any atom is 0.408 e. The van der Waals surface area contributed by atoms with E-state index in [0.29, 0.717) is 0 Å². The van der Waals surface area contributed by atoms with Crippen molar-refractivity contribution in [3.8, 4) is 0 Å². The lowest BCUT2D eigenvalue weighted by Gasteiger charge is -2.24. The van der Waals surface area contributed by atoms with Crippen LogP contribution in [-0.2, 0) is 16.0 Å². The summed E-state index contributed by atoms with van der Waals surface area (Å²) in [6.07, 6.45) is -0.602. The van der Waals surface area contributed by atoms with E-state index in [1.165, 1.54) is 0 Å². The highest BCUT2D eigenvalue weighted by atomic mass is 16.6. The number of amides is 1. The summed E-state index contributed by atoms with van der Waals surface area (Å²) in [7, 11) is 0. The minimum atomic E-state index is -1.33. The van der Waals surface area contributed by atoms with E-state index in [-0.39, 0.29) is 6.42 Å². The number of carboxylic acids is 1. The van der Waals surface area contributed by atoms with Gasteiger partial charge in [-0.15, -0.1) is 0 Å². The summed E-state index contributed by atoms with van der Waals surface area (Å²) in [6.45, 7) is 9.01. The van der Waals surface area contributed by atoms with Crippen molar-refractivity contribution in [2.75, 3.05) is 0 Å². The molecule has 0 spiro atoms. The number of nitrogens with one attached hydrogen (secondary N) is 1. The number of hydrogen-bond donors (Lipinski definition) is 1. The number of hydrogen-bond acceptors (Lipinski definition) is 4. The first-order valence-electron chi connectivity index (χ1n) is 6.85. The largest absolute Gasteiger partial charge is 0.548 e. The number of alkyl carbamates (subject to hydrolysis) is 1. The molecule has 1 rings (SSSR count). The lowest BCUT2D eigenvalue weighted by molar-refractivity contribution is -0.308. The van der Waals surface area contributed by atoms with Gasteiger partial charge in [-0.3, -0.25) is 0 Å². The Morgan fingerprint density at radius 2 is 1.90 bits per heavy atom. The zero-order valence-electron chi connectivity index (χ0n) is 13.1. The molecule has 21 heavy (non-hydrogen) atoms. The molecule has 0 bridgehead atoms. The average molecular weight is 292 g/mol. The van der Waals surface area contributed by atoms with Gasteiger partial charge in [0.15, 0.2) is 0 Å². The third-order valence-electron chi connectivity index (χ3n) is 2.90. The van der Waals surface area contributed by atoms with Crippen LogP contribution in [0.2, 0.25) is 0 Å². The van der Waals surface area contributed by atoms with Crippen LogP contribution in [0.15, 0.2) is 18.2 Å². The summed E-state index contributed by atoms with van der Waals surface area (Å²) in [5.41, 5.74) is 2.25. The Hall–Kier alpha value is -2.04. The van der Waals surface area contributed by atoms with Crippen LogP contribution >= 0.6 is 0 Å². The molecule has 0 fully saturated rings. The molecule has 1 amide bonds. The zero-order chi connectivity index (χ0) is 16.2. The third kappa shape index (κ3) is 5.85. The maximum atomic E-state index is 11.7. The molecular formula is C16H22NO4-. The van der Waals surface area contributed by atoms with Gasteiger partial charge in [0.1, 0.15) is 5.60 Å². The number of ether oxygens (including phenoxy) is 1. The van der Waals surface area contributed by atoms with Gasteiger partial charge in [0, 0.05) is 0 Å². The van der Waals surface area contributed by atoms with E-state index in [2.05, 4.69) is 5.32 Å². The van der Waals surface area contributed by atoms with Crippen molar-refractivity contribution in [3.63, 3.8) is 0 Å². The Morgan fingerprint density at radius 1 is 1.29 bits per heavy atom. The first-order chi connectivity index (χ1) is 9.58. The molecule has 1 atom stereocenters. The molecule has 0 saturated heterocycles. The van der Waals surface area contributed by atoms with Crippen LogP contribution < -0.4 is 10.4 Å². The van der Waals surface area contributed by atoms with Gasteiger partial charge >= 0.3 is 6.09 Å². The van der Waals surface area contributed by atoms with Gasteiger partial charge in [0.05, 0.1) is 12.0 Å². The fraction of sp³-hybridized carbons (Fsp3) is 0.500. The van der Waals surface area contributed by atoms with Crippen LogP contribution in [0.25, 0.3) is 0 Å². The standard InChI is InChI=1S/C16H23NO4/c1-10-6-7-12(11(2)8-10)9-13(14(18)19)17-15(20)21-16(3,4)5/h6-8,13H,9H2,1-5H3,(H,17,20)(H,18,19)/p-1/t13-/m1/s1. The van der Waals surface area contributed by atoms with Gasteiger partial charge in [-0.25, -0.2) is 4.79 Å². The average Bonchev–Trinajstić information content (AvgIpc) is 2.28. The Balaban J connectivity index is 2.79. The quantitative estimate of drug-likeness (QED) is 0.912. The number of aliphatic carboxylic acids is 1. The Labute approximate surface area is 125 Å². The molecule has 1 N–H and O–H groups in total. The van der Waals surface area contributed by atoms with E-state index < -0.39 is 23.7 Å². The molecule has 5 heteroatoms. The topological polar surface area (TPSA) is 78.5 Å². The van der Waals surface area contributed by atoms with E-state index in [0.717, 1.165) is 16.7 Å². The van der Waals surface area contributed by atoms with Gasteiger partial charge in [-0.2, -0.15) is 0 Å². The smallest absolute Gasteiger partial charge is 0.408 e. The molecule has 5 nitrogen and oxygen atoms in total. The number of benzene rings is 1. The Kier molecular flexibility index (Phi) is 5.35. The van der Waals surface area contributed by atoms with Crippen molar-refractivity contribution in [2.24, 2.45) is 0 Å². The van der Waals surface area contributed by atoms with Gasteiger partial charge in [0.25, 0.3) is 0 Å². The molecule has 0 unspecified atom stereocenters. The number of aryl methyl sites for hydroxylation is 2. The molecular weight excluding hydrogens is 270 g/mol. The second kappa shape index (κ2) is 6.61. The molecule has 0 aliphatic rings.